The number of fused-ring (bicyclic) bond motifs is 5. The van der Waals surface area contributed by atoms with E-state index >= 15 is 0 Å². The maximum Gasteiger partial charge on any atom is 0.416 e. The zero-order chi connectivity index (χ0) is 37.8. The molecule has 8 aromatic rings. The summed E-state index contributed by atoms with van der Waals surface area (Å²) in [5.74, 6) is 0. The minimum absolute atomic E-state index is 0.0304. The molecule has 0 N–H and O–H groups in total. The van der Waals surface area contributed by atoms with Gasteiger partial charge in [0.1, 0.15) is 0 Å². The predicted molar refractivity (Wildman–Crippen MR) is 194 cm³/mol. The summed E-state index contributed by atoms with van der Waals surface area (Å²) in [6.45, 7) is 0. The van der Waals surface area contributed by atoms with E-state index in [0.717, 1.165) is 0 Å². The van der Waals surface area contributed by atoms with Gasteiger partial charge in [-0.25, -0.2) is 15.0 Å². The van der Waals surface area contributed by atoms with Crippen molar-refractivity contribution in [2.45, 2.75) is 12.4 Å². The summed E-state index contributed by atoms with van der Waals surface area (Å²) in [5, 5.41) is 20.6. The molecule has 2 heterocycles. The zero-order valence-electron chi connectivity index (χ0n) is 27.6. The molecule has 0 aliphatic carbocycles. The fraction of sp³-hybridized carbons (Fsp3) is 0.0465. The highest BCUT2D eigenvalue weighted by Crippen LogP contribution is 2.45. The summed E-state index contributed by atoms with van der Waals surface area (Å²) in [6.07, 6.45) is -10.2. The molecule has 2 aromatic heterocycles. The third-order valence-corrected chi connectivity index (χ3v) is 9.13. The fourth-order valence-electron chi connectivity index (χ4n) is 6.59. The molecule has 0 unspecified atom stereocenters. The molecule has 0 radical (unpaired) electrons. The van der Waals surface area contributed by atoms with E-state index in [1.54, 1.807) is 66.7 Å². The van der Waals surface area contributed by atoms with Crippen molar-refractivity contribution in [1.29, 1.82) is 10.5 Å². The molecule has 260 valence electrons. The van der Waals surface area contributed by atoms with Crippen LogP contribution in [0.2, 0.25) is 0 Å². The first-order valence-corrected chi connectivity index (χ1v) is 16.4. The van der Waals surface area contributed by atoms with Crippen LogP contribution >= 0.6 is 0 Å². The van der Waals surface area contributed by atoms with Crippen LogP contribution in [-0.2, 0) is 12.4 Å². The summed E-state index contributed by atoms with van der Waals surface area (Å²) in [5.41, 5.74) is 0.923. The first-order valence-electron chi connectivity index (χ1n) is 16.4. The highest BCUT2D eigenvalue weighted by atomic mass is 19.4. The van der Waals surface area contributed by atoms with Crippen LogP contribution in [-0.4, -0.2) is 15.0 Å². The third kappa shape index (κ3) is 6.02. The molecule has 0 saturated carbocycles. The topological polar surface area (TPSA) is 86.2 Å². The predicted octanol–water partition coefficient (Wildman–Crippen LogP) is 11.8. The second-order valence-corrected chi connectivity index (χ2v) is 12.5. The van der Waals surface area contributed by atoms with Crippen LogP contribution in [0.3, 0.4) is 0 Å². The molecule has 8 rings (SSSR count). The second-order valence-electron chi connectivity index (χ2n) is 12.5. The van der Waals surface area contributed by atoms with Gasteiger partial charge in [-0.05, 0) is 60.2 Å². The lowest BCUT2D eigenvalue weighted by atomic mass is 9.91. The van der Waals surface area contributed by atoms with E-state index in [-0.39, 0.29) is 33.9 Å². The van der Waals surface area contributed by atoms with Gasteiger partial charge in [-0.3, -0.25) is 0 Å². The normalized spacial score (nSPS) is 11.9. The Morgan fingerprint density at radius 1 is 0.444 bits per heavy atom. The van der Waals surface area contributed by atoms with Gasteiger partial charge in [-0.2, -0.15) is 36.9 Å². The van der Waals surface area contributed by atoms with Crippen molar-refractivity contribution < 1.29 is 26.3 Å². The number of pyridine rings is 1. The van der Waals surface area contributed by atoms with Gasteiger partial charge in [-0.15, -0.1) is 0 Å². The van der Waals surface area contributed by atoms with E-state index in [2.05, 4.69) is 12.1 Å². The van der Waals surface area contributed by atoms with Gasteiger partial charge in [0, 0.05) is 38.4 Å². The molecular weight excluding hydrogens is 700 g/mol. The van der Waals surface area contributed by atoms with Gasteiger partial charge in [0.2, 0.25) is 0 Å². The van der Waals surface area contributed by atoms with Crippen LogP contribution in [0.5, 0.6) is 0 Å². The van der Waals surface area contributed by atoms with E-state index < -0.39 is 23.5 Å². The first-order chi connectivity index (χ1) is 25.9. The molecule has 5 nitrogen and oxygen atoms in total. The highest BCUT2D eigenvalue weighted by molar-refractivity contribution is 6.24. The molecule has 0 spiro atoms. The summed E-state index contributed by atoms with van der Waals surface area (Å²) < 4.78 is 85.6. The SMILES string of the molecule is N#Cc1ccc(-c2nc3c(-c4cc(C(F)(F)F)cc(C(F)(F)F)c4)cc4c(-c5ccccc5)nc5ccccc5c4c3nc2-c2ccc(C#N)cc2)cc1. The Kier molecular flexibility index (Phi) is 8.08. The van der Waals surface area contributed by atoms with Crippen molar-refractivity contribution in [1.82, 2.24) is 15.0 Å². The van der Waals surface area contributed by atoms with Crippen molar-refractivity contribution >= 4 is 32.7 Å². The average Bonchev–Trinajstić information content (AvgIpc) is 3.19. The smallest absolute Gasteiger partial charge is 0.247 e. The molecule has 0 saturated heterocycles. The van der Waals surface area contributed by atoms with Crippen LogP contribution in [0.25, 0.3) is 77.6 Å². The van der Waals surface area contributed by atoms with Gasteiger partial charge >= 0.3 is 12.4 Å². The number of rotatable bonds is 4. The molecule has 0 atom stereocenters. The van der Waals surface area contributed by atoms with Crippen LogP contribution in [0.4, 0.5) is 26.3 Å². The van der Waals surface area contributed by atoms with Gasteiger partial charge < -0.3 is 0 Å². The molecule has 0 aliphatic heterocycles. The van der Waals surface area contributed by atoms with Gasteiger partial charge in [-0.1, -0.05) is 72.8 Å². The van der Waals surface area contributed by atoms with Crippen molar-refractivity contribution in [2.24, 2.45) is 0 Å². The van der Waals surface area contributed by atoms with Crippen molar-refractivity contribution in [3.05, 3.63) is 150 Å². The van der Waals surface area contributed by atoms with Crippen LogP contribution < -0.4 is 0 Å². The number of hydrogen-bond donors (Lipinski definition) is 0. The van der Waals surface area contributed by atoms with Crippen LogP contribution in [0.1, 0.15) is 22.3 Å². The van der Waals surface area contributed by atoms with Gasteiger partial charge in [0.05, 0.1) is 68.0 Å². The number of alkyl halides is 6. The maximum absolute atomic E-state index is 14.3. The van der Waals surface area contributed by atoms with Crippen LogP contribution in [0, 0.1) is 22.7 Å². The van der Waals surface area contributed by atoms with Crippen molar-refractivity contribution in [3.8, 4) is 57.0 Å². The average molecular weight is 722 g/mol. The summed E-state index contributed by atoms with van der Waals surface area (Å²) in [6, 6.07) is 36.4. The quantitative estimate of drug-likeness (QED) is 0.133. The summed E-state index contributed by atoms with van der Waals surface area (Å²) >= 11 is 0. The Bertz CT molecular complexity index is 2820. The largest absolute Gasteiger partial charge is 0.416 e. The number of para-hydroxylation sites is 1. The lowest BCUT2D eigenvalue weighted by Crippen LogP contribution is -2.11. The minimum Gasteiger partial charge on any atom is -0.247 e. The molecule has 54 heavy (non-hydrogen) atoms. The van der Waals surface area contributed by atoms with E-state index in [0.29, 0.717) is 73.0 Å². The number of halogens is 6. The maximum atomic E-state index is 14.3. The fourth-order valence-corrected chi connectivity index (χ4v) is 6.59. The second kappa shape index (κ2) is 12.8. The Morgan fingerprint density at radius 3 is 1.48 bits per heavy atom. The molecular formula is C43H21F6N5. The van der Waals surface area contributed by atoms with Gasteiger partial charge in [0.25, 0.3) is 0 Å². The molecule has 0 bridgehead atoms. The van der Waals surface area contributed by atoms with Crippen molar-refractivity contribution in [2.75, 3.05) is 0 Å². The Hall–Kier alpha value is -7.11. The summed E-state index contributed by atoms with van der Waals surface area (Å²) in [7, 11) is 0. The van der Waals surface area contributed by atoms with E-state index in [1.807, 2.05) is 36.4 Å². The minimum atomic E-state index is -5.10. The lowest BCUT2D eigenvalue weighted by molar-refractivity contribution is -0.143. The standard InChI is InChI=1S/C43H21F6N5/c44-42(45,46)30-18-29(19-31(20-30)43(47,48)49)33-21-34-36(32-8-4-5-9-35(32)52-37(34)26-6-2-1-3-7-26)41-40(33)53-38(27-14-10-24(22-50)11-15-27)39(54-41)28-16-12-25(23-51)13-17-28/h1-21H. The number of aromatic nitrogens is 3. The zero-order valence-corrected chi connectivity index (χ0v) is 27.6. The van der Waals surface area contributed by atoms with Gasteiger partial charge in [0.15, 0.2) is 0 Å². The number of nitrogens with zero attached hydrogens (tertiary/aromatic N) is 5. The molecule has 11 heteroatoms. The Morgan fingerprint density at radius 2 is 0.944 bits per heavy atom. The summed E-state index contributed by atoms with van der Waals surface area (Å²) in [4.78, 5) is 15.2. The Labute approximate surface area is 303 Å². The van der Waals surface area contributed by atoms with Crippen molar-refractivity contribution in [3.63, 3.8) is 0 Å². The molecule has 0 amide bonds. The third-order valence-electron chi connectivity index (χ3n) is 9.13. The monoisotopic (exact) mass is 721 g/mol. The van der Waals surface area contributed by atoms with E-state index in [9.17, 15) is 36.9 Å². The number of benzene rings is 6. The highest BCUT2D eigenvalue weighted by Gasteiger charge is 2.37. The first kappa shape index (κ1) is 34.0. The molecule has 0 aliphatic rings. The number of hydrogen-bond acceptors (Lipinski definition) is 5. The molecule has 0 fully saturated rings. The number of nitriles is 2. The van der Waals surface area contributed by atoms with E-state index in [1.165, 1.54) is 6.07 Å². The van der Waals surface area contributed by atoms with Crippen LogP contribution in [0.15, 0.2) is 127 Å². The Balaban J connectivity index is 1.60. The molecule has 6 aromatic carbocycles. The van der Waals surface area contributed by atoms with E-state index in [4.69, 9.17) is 15.0 Å². The lowest BCUT2D eigenvalue weighted by Gasteiger charge is -2.19.